The van der Waals surface area contributed by atoms with Crippen LogP contribution < -0.4 is 10.1 Å². The maximum absolute atomic E-state index is 12.9. The first kappa shape index (κ1) is 22.9. The molecule has 1 aromatic rings. The highest BCUT2D eigenvalue weighted by Crippen LogP contribution is 2.39. The summed E-state index contributed by atoms with van der Waals surface area (Å²) >= 11 is 0. The summed E-state index contributed by atoms with van der Waals surface area (Å²) in [5, 5.41) is 2.80. The van der Waals surface area contributed by atoms with Crippen LogP contribution in [0.15, 0.2) is 43.1 Å². The molecule has 2 rings (SSSR count). The molecule has 1 aliphatic carbocycles. The fourth-order valence-corrected chi connectivity index (χ4v) is 3.31. The molecule has 1 amide bonds. The maximum atomic E-state index is 12.9. The Morgan fingerprint density at radius 1 is 1.26 bits per heavy atom. The van der Waals surface area contributed by atoms with Gasteiger partial charge in [0.05, 0.1) is 7.11 Å². The van der Waals surface area contributed by atoms with Crippen LogP contribution in [0.2, 0.25) is 0 Å². The van der Waals surface area contributed by atoms with E-state index in [-0.39, 0.29) is 17.6 Å². The minimum atomic E-state index is -0.273. The zero-order valence-electron chi connectivity index (χ0n) is 17.4. The number of carbonyl (C=O) groups is 1. The van der Waals surface area contributed by atoms with Crippen molar-refractivity contribution in [2.24, 2.45) is 17.3 Å². The Kier molecular flexibility index (Phi) is 8.74. The van der Waals surface area contributed by atoms with Gasteiger partial charge < -0.3 is 10.1 Å². The van der Waals surface area contributed by atoms with Gasteiger partial charge in [0.1, 0.15) is 0 Å². The lowest BCUT2D eigenvalue weighted by Gasteiger charge is -2.36. The second-order valence-electron chi connectivity index (χ2n) is 8.22. The van der Waals surface area contributed by atoms with Crippen LogP contribution in [0.1, 0.15) is 52.0 Å². The van der Waals surface area contributed by atoms with E-state index >= 15 is 0 Å². The second kappa shape index (κ2) is 10.3. The molecule has 0 radical (unpaired) electrons. The van der Waals surface area contributed by atoms with Crippen molar-refractivity contribution in [3.05, 3.63) is 54.5 Å². The SMILES string of the molecule is C=CC(=C)NC(=O)C1CCC(C(C)(C)C)CC1.COc1cccc(C)c1F. The van der Waals surface area contributed by atoms with E-state index in [9.17, 15) is 9.18 Å². The normalized spacial score (nSPS) is 19.3. The third kappa shape index (κ3) is 7.20. The summed E-state index contributed by atoms with van der Waals surface area (Å²) in [7, 11) is 1.46. The molecule has 1 saturated carbocycles. The molecule has 0 unspecified atom stereocenters. The van der Waals surface area contributed by atoms with Crippen LogP contribution in [0, 0.1) is 30.0 Å². The number of hydrogen-bond donors (Lipinski definition) is 1. The number of rotatable bonds is 4. The van der Waals surface area contributed by atoms with E-state index in [0.29, 0.717) is 22.4 Å². The van der Waals surface area contributed by atoms with Crippen molar-refractivity contribution in [3.8, 4) is 5.75 Å². The summed E-state index contributed by atoms with van der Waals surface area (Å²) in [6.45, 7) is 15.9. The van der Waals surface area contributed by atoms with Crippen molar-refractivity contribution >= 4 is 5.91 Å². The van der Waals surface area contributed by atoms with E-state index in [1.165, 1.54) is 7.11 Å². The molecule has 1 aromatic carbocycles. The van der Waals surface area contributed by atoms with Gasteiger partial charge in [-0.2, -0.15) is 0 Å². The second-order valence-corrected chi connectivity index (χ2v) is 8.22. The first-order valence-corrected chi connectivity index (χ1v) is 9.51. The first-order valence-electron chi connectivity index (χ1n) is 9.51. The largest absolute Gasteiger partial charge is 0.494 e. The van der Waals surface area contributed by atoms with E-state index in [1.54, 1.807) is 31.2 Å². The molecule has 0 spiro atoms. The highest BCUT2D eigenvalue weighted by molar-refractivity contribution is 5.80. The molecule has 1 aliphatic rings. The topological polar surface area (TPSA) is 38.3 Å². The van der Waals surface area contributed by atoms with Crippen molar-refractivity contribution in [2.75, 3.05) is 7.11 Å². The van der Waals surface area contributed by atoms with Crippen molar-refractivity contribution < 1.29 is 13.9 Å². The van der Waals surface area contributed by atoms with E-state index < -0.39 is 0 Å². The molecule has 0 heterocycles. The van der Waals surface area contributed by atoms with Gasteiger partial charge in [-0.05, 0) is 61.6 Å². The lowest BCUT2D eigenvalue weighted by molar-refractivity contribution is -0.125. The van der Waals surface area contributed by atoms with Gasteiger partial charge in [-0.1, -0.05) is 46.1 Å². The number of allylic oxidation sites excluding steroid dienone is 1. The molecule has 3 nitrogen and oxygen atoms in total. The molecule has 1 fully saturated rings. The van der Waals surface area contributed by atoms with E-state index in [2.05, 4.69) is 39.2 Å². The molecule has 4 heteroatoms. The quantitative estimate of drug-likeness (QED) is 0.676. The Balaban J connectivity index is 0.000000309. The molecule has 0 aliphatic heterocycles. The lowest BCUT2D eigenvalue weighted by Crippen LogP contribution is -2.34. The van der Waals surface area contributed by atoms with Gasteiger partial charge in [0, 0.05) is 11.6 Å². The van der Waals surface area contributed by atoms with Crippen molar-refractivity contribution in [3.63, 3.8) is 0 Å². The molecule has 27 heavy (non-hydrogen) atoms. The zero-order valence-corrected chi connectivity index (χ0v) is 17.4. The number of benzene rings is 1. The summed E-state index contributed by atoms with van der Waals surface area (Å²) in [5.74, 6) is 1.05. The third-order valence-electron chi connectivity index (χ3n) is 5.23. The molecule has 0 aromatic heterocycles. The van der Waals surface area contributed by atoms with Crippen LogP contribution in [-0.4, -0.2) is 13.0 Å². The van der Waals surface area contributed by atoms with Gasteiger partial charge in [-0.3, -0.25) is 4.79 Å². The summed E-state index contributed by atoms with van der Waals surface area (Å²) in [5.41, 5.74) is 1.58. The molecule has 0 atom stereocenters. The summed E-state index contributed by atoms with van der Waals surface area (Å²) in [6.07, 6.45) is 5.89. The minimum Gasteiger partial charge on any atom is -0.494 e. The Hall–Kier alpha value is -2.10. The Bertz CT molecular complexity index is 653. The maximum Gasteiger partial charge on any atom is 0.227 e. The summed E-state index contributed by atoms with van der Waals surface area (Å²) in [4.78, 5) is 11.9. The Labute approximate surface area is 163 Å². The summed E-state index contributed by atoms with van der Waals surface area (Å²) < 4.78 is 17.6. The van der Waals surface area contributed by atoms with Gasteiger partial charge in [-0.25, -0.2) is 4.39 Å². The molecule has 0 saturated heterocycles. The Morgan fingerprint density at radius 2 is 1.85 bits per heavy atom. The number of nitrogens with one attached hydrogen (secondary N) is 1. The van der Waals surface area contributed by atoms with Gasteiger partial charge in [-0.15, -0.1) is 0 Å². The number of carbonyl (C=O) groups excluding carboxylic acids is 1. The van der Waals surface area contributed by atoms with Crippen LogP contribution in [-0.2, 0) is 4.79 Å². The fraction of sp³-hybridized carbons (Fsp3) is 0.522. The number of amides is 1. The highest BCUT2D eigenvalue weighted by atomic mass is 19.1. The van der Waals surface area contributed by atoms with Crippen LogP contribution in [0.3, 0.4) is 0 Å². The number of ether oxygens (including phenoxy) is 1. The van der Waals surface area contributed by atoms with Crippen LogP contribution >= 0.6 is 0 Å². The smallest absolute Gasteiger partial charge is 0.227 e. The zero-order chi connectivity index (χ0) is 20.6. The average Bonchev–Trinajstić information content (AvgIpc) is 2.63. The standard InChI is InChI=1S/C15H25NO.C8H9FO/c1-6-11(2)16-14(17)12-7-9-13(10-8-12)15(3,4)5;1-6-4-3-5-7(10-2)8(6)9/h6,12-13H,1-2,7-10H2,3-5H3,(H,16,17);3-5H,1-2H3. The van der Waals surface area contributed by atoms with Crippen LogP contribution in [0.5, 0.6) is 5.75 Å². The van der Waals surface area contributed by atoms with Crippen molar-refractivity contribution in [1.29, 1.82) is 0 Å². The van der Waals surface area contributed by atoms with E-state index in [4.69, 9.17) is 4.74 Å². The monoisotopic (exact) mass is 375 g/mol. The molecular formula is C23H34FNO2. The molecule has 0 bridgehead atoms. The molecule has 1 N–H and O–H groups in total. The summed E-state index contributed by atoms with van der Waals surface area (Å²) in [6, 6.07) is 5.07. The average molecular weight is 376 g/mol. The molecular weight excluding hydrogens is 341 g/mol. The van der Waals surface area contributed by atoms with E-state index in [0.717, 1.165) is 31.6 Å². The fourth-order valence-electron chi connectivity index (χ4n) is 3.31. The minimum absolute atomic E-state index is 0.113. The predicted molar refractivity (Wildman–Crippen MR) is 110 cm³/mol. The highest BCUT2D eigenvalue weighted by Gasteiger charge is 2.32. The van der Waals surface area contributed by atoms with Crippen molar-refractivity contribution in [1.82, 2.24) is 5.32 Å². The van der Waals surface area contributed by atoms with Crippen LogP contribution in [0.25, 0.3) is 0 Å². The lowest BCUT2D eigenvalue weighted by atomic mass is 9.69. The van der Waals surface area contributed by atoms with Crippen molar-refractivity contribution in [2.45, 2.75) is 53.4 Å². The van der Waals surface area contributed by atoms with Crippen LogP contribution in [0.4, 0.5) is 4.39 Å². The van der Waals surface area contributed by atoms with Gasteiger partial charge in [0.15, 0.2) is 11.6 Å². The molecule has 150 valence electrons. The predicted octanol–water partition coefficient (Wildman–Crippen LogP) is 5.80. The van der Waals surface area contributed by atoms with Gasteiger partial charge in [0.25, 0.3) is 0 Å². The third-order valence-corrected chi connectivity index (χ3v) is 5.23. The number of halogens is 1. The van der Waals surface area contributed by atoms with E-state index in [1.807, 2.05) is 0 Å². The number of aryl methyl sites for hydroxylation is 1. The number of hydrogen-bond acceptors (Lipinski definition) is 2. The number of methoxy groups -OCH3 is 1. The first-order chi connectivity index (χ1) is 12.6. The Morgan fingerprint density at radius 3 is 2.30 bits per heavy atom. The van der Waals surface area contributed by atoms with Gasteiger partial charge in [0.2, 0.25) is 5.91 Å². The van der Waals surface area contributed by atoms with Gasteiger partial charge >= 0.3 is 0 Å².